The van der Waals surface area contributed by atoms with Crippen molar-refractivity contribution in [2.24, 2.45) is 0 Å². The molecule has 20 heavy (non-hydrogen) atoms. The second-order valence-electron chi connectivity index (χ2n) is 5.32. The molecule has 0 aromatic heterocycles. The zero-order valence-electron chi connectivity index (χ0n) is 12.8. The van der Waals surface area contributed by atoms with Crippen molar-refractivity contribution >= 4 is 0 Å². The highest BCUT2D eigenvalue weighted by molar-refractivity contribution is 5.38. The van der Waals surface area contributed by atoms with Crippen LogP contribution in [0.15, 0.2) is 12.1 Å². The van der Waals surface area contributed by atoms with E-state index in [0.717, 1.165) is 12.8 Å². The zero-order valence-corrected chi connectivity index (χ0v) is 12.8. The molecule has 2 nitrogen and oxygen atoms in total. The van der Waals surface area contributed by atoms with Crippen LogP contribution in [0.3, 0.4) is 0 Å². The molecule has 1 unspecified atom stereocenters. The van der Waals surface area contributed by atoms with Gasteiger partial charge in [0.05, 0.1) is 0 Å². The molecule has 0 bridgehead atoms. The van der Waals surface area contributed by atoms with Crippen molar-refractivity contribution in [3.8, 4) is 0 Å². The third-order valence-electron chi connectivity index (χ3n) is 3.55. The SMILES string of the molecule is CNC(CCOCC(F)F)Cc1c(C)cc(C)cc1C. The lowest BCUT2D eigenvalue weighted by molar-refractivity contribution is 0.0146. The summed E-state index contributed by atoms with van der Waals surface area (Å²) in [7, 11) is 1.90. The Bertz CT molecular complexity index is 398. The van der Waals surface area contributed by atoms with Crippen molar-refractivity contribution in [2.45, 2.75) is 46.1 Å². The Kier molecular flexibility index (Phi) is 7.10. The Morgan fingerprint density at radius 2 is 1.75 bits per heavy atom. The smallest absolute Gasteiger partial charge is 0.261 e. The molecule has 1 aromatic carbocycles. The summed E-state index contributed by atoms with van der Waals surface area (Å²) < 4.78 is 28.9. The van der Waals surface area contributed by atoms with E-state index in [2.05, 4.69) is 38.2 Å². The molecule has 0 saturated heterocycles. The van der Waals surface area contributed by atoms with Gasteiger partial charge in [0.15, 0.2) is 0 Å². The molecule has 114 valence electrons. The van der Waals surface area contributed by atoms with Crippen molar-refractivity contribution in [3.05, 3.63) is 34.4 Å². The van der Waals surface area contributed by atoms with Crippen molar-refractivity contribution in [3.63, 3.8) is 0 Å². The number of rotatable bonds is 8. The van der Waals surface area contributed by atoms with Crippen LogP contribution in [0.5, 0.6) is 0 Å². The maximum absolute atomic E-state index is 12.0. The number of ether oxygens (including phenoxy) is 1. The number of aryl methyl sites for hydroxylation is 3. The van der Waals surface area contributed by atoms with E-state index in [9.17, 15) is 8.78 Å². The average molecular weight is 285 g/mol. The zero-order chi connectivity index (χ0) is 15.1. The monoisotopic (exact) mass is 285 g/mol. The van der Waals surface area contributed by atoms with Gasteiger partial charge in [-0.25, -0.2) is 8.78 Å². The first-order valence-corrected chi connectivity index (χ1v) is 7.04. The maximum Gasteiger partial charge on any atom is 0.261 e. The lowest BCUT2D eigenvalue weighted by atomic mass is 9.93. The highest BCUT2D eigenvalue weighted by Crippen LogP contribution is 2.19. The van der Waals surface area contributed by atoms with E-state index in [-0.39, 0.29) is 6.04 Å². The van der Waals surface area contributed by atoms with Gasteiger partial charge in [0.2, 0.25) is 0 Å². The minimum Gasteiger partial charge on any atom is -0.375 e. The van der Waals surface area contributed by atoms with E-state index in [4.69, 9.17) is 4.74 Å². The first-order valence-electron chi connectivity index (χ1n) is 7.04. The largest absolute Gasteiger partial charge is 0.375 e. The quantitative estimate of drug-likeness (QED) is 0.739. The van der Waals surface area contributed by atoms with Crippen LogP contribution in [0.4, 0.5) is 8.78 Å². The normalized spacial score (nSPS) is 12.9. The topological polar surface area (TPSA) is 21.3 Å². The van der Waals surface area contributed by atoms with Crippen LogP contribution in [-0.4, -0.2) is 32.7 Å². The van der Waals surface area contributed by atoms with E-state index in [1.54, 1.807) is 0 Å². The van der Waals surface area contributed by atoms with Gasteiger partial charge in [-0.1, -0.05) is 17.7 Å². The second kappa shape index (κ2) is 8.32. The third kappa shape index (κ3) is 5.55. The molecule has 0 amide bonds. The molecular weight excluding hydrogens is 260 g/mol. The highest BCUT2D eigenvalue weighted by Gasteiger charge is 2.12. The van der Waals surface area contributed by atoms with Crippen LogP contribution in [-0.2, 0) is 11.2 Å². The van der Waals surface area contributed by atoms with Crippen molar-refractivity contribution in [2.75, 3.05) is 20.3 Å². The molecule has 4 heteroatoms. The van der Waals surface area contributed by atoms with Crippen molar-refractivity contribution in [1.29, 1.82) is 0 Å². The van der Waals surface area contributed by atoms with Gasteiger partial charge in [-0.3, -0.25) is 0 Å². The number of halogens is 2. The summed E-state index contributed by atoms with van der Waals surface area (Å²) in [5, 5.41) is 3.24. The molecular formula is C16H25F2NO. The summed E-state index contributed by atoms with van der Waals surface area (Å²) >= 11 is 0. The summed E-state index contributed by atoms with van der Waals surface area (Å²) in [6.45, 7) is 6.22. The summed E-state index contributed by atoms with van der Waals surface area (Å²) in [5.41, 5.74) is 5.18. The van der Waals surface area contributed by atoms with Crippen LogP contribution in [0.2, 0.25) is 0 Å². The Morgan fingerprint density at radius 3 is 2.25 bits per heavy atom. The van der Waals surface area contributed by atoms with Gasteiger partial charge in [-0.2, -0.15) is 0 Å². The van der Waals surface area contributed by atoms with Crippen molar-refractivity contribution in [1.82, 2.24) is 5.32 Å². The van der Waals surface area contributed by atoms with E-state index >= 15 is 0 Å². The molecule has 1 N–H and O–H groups in total. The molecule has 1 aromatic rings. The Labute approximate surface area is 120 Å². The standard InChI is InChI=1S/C16H25F2NO/c1-11-7-12(2)15(13(3)8-11)9-14(19-4)5-6-20-10-16(17)18/h7-8,14,16,19H,5-6,9-10H2,1-4H3. The maximum atomic E-state index is 12.0. The summed E-state index contributed by atoms with van der Waals surface area (Å²) in [6, 6.07) is 4.61. The average Bonchev–Trinajstić information content (AvgIpc) is 2.35. The Hall–Kier alpha value is -1.00. The van der Waals surface area contributed by atoms with Gasteiger partial charge in [0, 0.05) is 12.6 Å². The molecule has 1 rings (SSSR count). The summed E-state index contributed by atoms with van der Waals surface area (Å²) in [5.74, 6) is 0. The summed E-state index contributed by atoms with van der Waals surface area (Å²) in [4.78, 5) is 0. The number of hydrogen-bond acceptors (Lipinski definition) is 2. The first-order chi connectivity index (χ1) is 9.43. The molecule has 0 aliphatic heterocycles. The van der Waals surface area contributed by atoms with E-state index < -0.39 is 13.0 Å². The van der Waals surface area contributed by atoms with Crippen molar-refractivity contribution < 1.29 is 13.5 Å². The lowest BCUT2D eigenvalue weighted by Gasteiger charge is -2.19. The van der Waals surface area contributed by atoms with Gasteiger partial charge < -0.3 is 10.1 Å². The van der Waals surface area contributed by atoms with Crippen LogP contribution in [0.1, 0.15) is 28.7 Å². The number of nitrogens with one attached hydrogen (secondary N) is 1. The molecule has 0 aliphatic carbocycles. The Morgan fingerprint density at radius 1 is 1.15 bits per heavy atom. The van der Waals surface area contributed by atoms with Gasteiger partial charge in [0.25, 0.3) is 6.43 Å². The van der Waals surface area contributed by atoms with Gasteiger partial charge in [-0.15, -0.1) is 0 Å². The fourth-order valence-electron chi connectivity index (χ4n) is 2.52. The summed E-state index contributed by atoms with van der Waals surface area (Å²) in [6.07, 6.45) is -0.757. The number of alkyl halides is 2. The minimum absolute atomic E-state index is 0.243. The van der Waals surface area contributed by atoms with E-state index in [1.165, 1.54) is 22.3 Å². The van der Waals surface area contributed by atoms with Gasteiger partial charge in [-0.05, 0) is 57.4 Å². The fourth-order valence-corrected chi connectivity index (χ4v) is 2.52. The molecule has 0 heterocycles. The van der Waals surface area contributed by atoms with Crippen LogP contribution in [0, 0.1) is 20.8 Å². The molecule has 0 spiro atoms. The number of hydrogen-bond donors (Lipinski definition) is 1. The van der Waals surface area contributed by atoms with Crippen LogP contribution < -0.4 is 5.32 Å². The molecule has 0 aliphatic rings. The predicted octanol–water partition coefficient (Wildman–Crippen LogP) is 3.41. The third-order valence-corrected chi connectivity index (χ3v) is 3.55. The molecule has 0 radical (unpaired) electrons. The predicted molar refractivity (Wildman–Crippen MR) is 78.6 cm³/mol. The second-order valence-corrected chi connectivity index (χ2v) is 5.32. The van der Waals surface area contributed by atoms with Crippen LogP contribution in [0.25, 0.3) is 0 Å². The number of benzene rings is 1. The number of likely N-dealkylation sites (N-methyl/N-ethyl adjacent to an activating group) is 1. The van der Waals surface area contributed by atoms with E-state index in [0.29, 0.717) is 6.61 Å². The Balaban J connectivity index is 2.56. The fraction of sp³-hybridized carbons (Fsp3) is 0.625. The van der Waals surface area contributed by atoms with Gasteiger partial charge in [0.1, 0.15) is 6.61 Å². The highest BCUT2D eigenvalue weighted by atomic mass is 19.3. The minimum atomic E-state index is -2.38. The molecule has 0 fully saturated rings. The van der Waals surface area contributed by atoms with Gasteiger partial charge >= 0.3 is 0 Å². The lowest BCUT2D eigenvalue weighted by Crippen LogP contribution is -2.30. The van der Waals surface area contributed by atoms with E-state index in [1.807, 2.05) is 7.05 Å². The van der Waals surface area contributed by atoms with Crippen LogP contribution >= 0.6 is 0 Å². The first kappa shape index (κ1) is 17.1. The molecule has 0 saturated carbocycles. The molecule has 1 atom stereocenters.